The van der Waals surface area contributed by atoms with Gasteiger partial charge in [-0.3, -0.25) is 14.2 Å². The number of aromatic nitrogens is 1. The Labute approximate surface area is 134 Å². The normalized spacial score (nSPS) is 16.0. The van der Waals surface area contributed by atoms with Gasteiger partial charge in [0.1, 0.15) is 5.82 Å². The molecule has 3 rings (SSSR count). The number of piperazine rings is 1. The second kappa shape index (κ2) is 6.12. The lowest BCUT2D eigenvalue weighted by molar-refractivity contribution is 0.0645. The molecule has 2 heterocycles. The van der Waals surface area contributed by atoms with Crippen LogP contribution in [0.2, 0.25) is 0 Å². The zero-order valence-corrected chi connectivity index (χ0v) is 13.4. The topological polar surface area (TPSA) is 45.5 Å². The van der Waals surface area contributed by atoms with Gasteiger partial charge in [-0.2, -0.15) is 0 Å². The van der Waals surface area contributed by atoms with Crippen molar-refractivity contribution in [3.63, 3.8) is 0 Å². The fourth-order valence-corrected chi connectivity index (χ4v) is 3.07. The molecule has 0 radical (unpaired) electrons. The largest absolute Gasteiger partial charge is 0.336 e. The Hall–Kier alpha value is -2.21. The lowest BCUT2D eigenvalue weighted by Gasteiger charge is -2.34. The number of hydrogen-bond donors (Lipinski definition) is 0. The van der Waals surface area contributed by atoms with E-state index in [2.05, 4.69) is 11.8 Å². The molecule has 23 heavy (non-hydrogen) atoms. The summed E-state index contributed by atoms with van der Waals surface area (Å²) in [6.45, 7) is 7.46. The number of hydrogen-bond acceptors (Lipinski definition) is 3. The molecule has 6 heteroatoms. The van der Waals surface area contributed by atoms with Crippen LogP contribution in [0.4, 0.5) is 4.39 Å². The number of amides is 1. The van der Waals surface area contributed by atoms with E-state index in [9.17, 15) is 14.0 Å². The first-order chi connectivity index (χ1) is 11.0. The number of nitrogens with zero attached hydrogens (tertiary/aromatic N) is 3. The third kappa shape index (κ3) is 2.86. The maximum Gasteiger partial charge on any atom is 0.256 e. The number of likely N-dealkylation sites (N-methyl/N-ethyl adjacent to an activating group) is 1. The van der Waals surface area contributed by atoms with E-state index < -0.39 is 5.82 Å². The zero-order chi connectivity index (χ0) is 16.6. The quantitative estimate of drug-likeness (QED) is 0.853. The molecule has 1 fully saturated rings. The van der Waals surface area contributed by atoms with Crippen molar-refractivity contribution in [2.24, 2.45) is 0 Å². The minimum absolute atomic E-state index is 0.142. The summed E-state index contributed by atoms with van der Waals surface area (Å²) in [5.41, 5.74) is 0.953. The van der Waals surface area contributed by atoms with Gasteiger partial charge in [0.15, 0.2) is 0 Å². The minimum atomic E-state index is -0.413. The van der Waals surface area contributed by atoms with Crippen molar-refractivity contribution >= 4 is 22.7 Å². The van der Waals surface area contributed by atoms with E-state index in [0.717, 1.165) is 19.6 Å². The Balaban J connectivity index is 1.97. The Morgan fingerprint density at radius 1 is 1.17 bits per heavy atom. The highest BCUT2D eigenvalue weighted by Gasteiger charge is 2.25. The van der Waals surface area contributed by atoms with Gasteiger partial charge in [0, 0.05) is 44.7 Å². The molecule has 1 aliphatic heterocycles. The van der Waals surface area contributed by atoms with Gasteiger partial charge in [0.2, 0.25) is 5.91 Å². The molecule has 5 nitrogen and oxygen atoms in total. The second-order valence-corrected chi connectivity index (χ2v) is 5.82. The number of carbonyl (C=O) groups is 2. The first-order valence-corrected chi connectivity index (χ1v) is 7.84. The zero-order valence-electron chi connectivity index (χ0n) is 13.4. The van der Waals surface area contributed by atoms with Crippen LogP contribution in [0.1, 0.15) is 29.0 Å². The van der Waals surface area contributed by atoms with Crippen LogP contribution in [-0.2, 0) is 0 Å². The molecular weight excluding hydrogens is 297 g/mol. The van der Waals surface area contributed by atoms with Crippen LogP contribution in [0.5, 0.6) is 0 Å². The van der Waals surface area contributed by atoms with Crippen LogP contribution in [0.25, 0.3) is 10.9 Å². The minimum Gasteiger partial charge on any atom is -0.336 e. The standard InChI is InChI=1S/C17H20FN3O2/c1-3-19-6-8-20(9-7-19)17(23)15-11-21(12(2)22)16-5-4-13(18)10-14(15)16/h4-5,10-11H,3,6-9H2,1-2H3. The summed E-state index contributed by atoms with van der Waals surface area (Å²) in [4.78, 5) is 28.6. The molecule has 0 spiro atoms. The summed E-state index contributed by atoms with van der Waals surface area (Å²) in [6, 6.07) is 4.16. The summed E-state index contributed by atoms with van der Waals surface area (Å²) in [7, 11) is 0. The maximum absolute atomic E-state index is 13.6. The van der Waals surface area contributed by atoms with Gasteiger partial charge in [-0.25, -0.2) is 4.39 Å². The van der Waals surface area contributed by atoms with Crippen LogP contribution in [0.3, 0.4) is 0 Å². The van der Waals surface area contributed by atoms with Gasteiger partial charge in [-0.15, -0.1) is 0 Å². The Morgan fingerprint density at radius 2 is 1.87 bits per heavy atom. The van der Waals surface area contributed by atoms with Gasteiger partial charge in [0.05, 0.1) is 11.1 Å². The first kappa shape index (κ1) is 15.7. The van der Waals surface area contributed by atoms with E-state index in [0.29, 0.717) is 29.6 Å². The van der Waals surface area contributed by atoms with E-state index in [-0.39, 0.29) is 11.8 Å². The molecule has 0 aliphatic carbocycles. The van der Waals surface area contributed by atoms with Crippen molar-refractivity contribution in [1.29, 1.82) is 0 Å². The highest BCUT2D eigenvalue weighted by Crippen LogP contribution is 2.24. The van der Waals surface area contributed by atoms with E-state index in [1.807, 2.05) is 0 Å². The van der Waals surface area contributed by atoms with E-state index in [1.54, 1.807) is 4.90 Å². The molecule has 1 amide bonds. The molecule has 1 aliphatic rings. The number of halogens is 1. The maximum atomic E-state index is 13.6. The van der Waals surface area contributed by atoms with Crippen LogP contribution < -0.4 is 0 Å². The van der Waals surface area contributed by atoms with Crippen molar-refractivity contribution < 1.29 is 14.0 Å². The number of rotatable bonds is 2. The number of carbonyl (C=O) groups excluding carboxylic acids is 2. The third-order valence-corrected chi connectivity index (χ3v) is 4.44. The van der Waals surface area contributed by atoms with Crippen molar-refractivity contribution in [3.05, 3.63) is 35.8 Å². The Morgan fingerprint density at radius 3 is 2.48 bits per heavy atom. The van der Waals surface area contributed by atoms with Crippen molar-refractivity contribution in [3.8, 4) is 0 Å². The fourth-order valence-electron chi connectivity index (χ4n) is 3.07. The molecule has 0 atom stereocenters. The number of fused-ring (bicyclic) bond motifs is 1. The van der Waals surface area contributed by atoms with Gasteiger partial charge < -0.3 is 9.80 Å². The lowest BCUT2D eigenvalue weighted by atomic mass is 10.1. The summed E-state index contributed by atoms with van der Waals surface area (Å²) in [6.07, 6.45) is 1.53. The van der Waals surface area contributed by atoms with Gasteiger partial charge >= 0.3 is 0 Å². The van der Waals surface area contributed by atoms with Crippen LogP contribution in [0.15, 0.2) is 24.4 Å². The number of benzene rings is 1. The third-order valence-electron chi connectivity index (χ3n) is 4.44. The van der Waals surface area contributed by atoms with Gasteiger partial charge in [0.25, 0.3) is 5.91 Å². The van der Waals surface area contributed by atoms with E-state index in [4.69, 9.17) is 0 Å². The van der Waals surface area contributed by atoms with Crippen LogP contribution >= 0.6 is 0 Å². The molecule has 0 saturated carbocycles. The van der Waals surface area contributed by atoms with E-state index in [1.165, 1.54) is 35.9 Å². The average Bonchev–Trinajstić information content (AvgIpc) is 2.93. The molecule has 0 bridgehead atoms. The molecule has 122 valence electrons. The molecule has 1 saturated heterocycles. The SMILES string of the molecule is CCN1CCN(C(=O)c2cn(C(C)=O)c3ccc(F)cc23)CC1. The van der Waals surface area contributed by atoms with Crippen molar-refractivity contribution in [2.45, 2.75) is 13.8 Å². The van der Waals surface area contributed by atoms with Crippen LogP contribution in [0, 0.1) is 5.82 Å². The summed E-state index contributed by atoms with van der Waals surface area (Å²) in [5.74, 6) is -0.753. The first-order valence-electron chi connectivity index (χ1n) is 7.84. The Bertz CT molecular complexity index is 761. The molecule has 0 unspecified atom stereocenters. The van der Waals surface area contributed by atoms with Gasteiger partial charge in [-0.1, -0.05) is 6.92 Å². The molecular formula is C17H20FN3O2. The van der Waals surface area contributed by atoms with Crippen molar-refractivity contribution in [1.82, 2.24) is 14.4 Å². The van der Waals surface area contributed by atoms with Crippen LogP contribution in [-0.4, -0.2) is 58.9 Å². The Kier molecular flexibility index (Phi) is 4.17. The van der Waals surface area contributed by atoms with E-state index >= 15 is 0 Å². The predicted octanol–water partition coefficient (Wildman–Crippen LogP) is 2.22. The van der Waals surface area contributed by atoms with Gasteiger partial charge in [-0.05, 0) is 24.7 Å². The highest BCUT2D eigenvalue weighted by molar-refractivity contribution is 6.09. The lowest BCUT2D eigenvalue weighted by Crippen LogP contribution is -2.48. The van der Waals surface area contributed by atoms with Crippen molar-refractivity contribution in [2.75, 3.05) is 32.7 Å². The second-order valence-electron chi connectivity index (χ2n) is 5.82. The average molecular weight is 317 g/mol. The molecule has 0 N–H and O–H groups in total. The molecule has 1 aromatic carbocycles. The summed E-state index contributed by atoms with van der Waals surface area (Å²) < 4.78 is 15.0. The molecule has 1 aromatic heterocycles. The summed E-state index contributed by atoms with van der Waals surface area (Å²) >= 11 is 0. The highest BCUT2D eigenvalue weighted by atomic mass is 19.1. The predicted molar refractivity (Wildman–Crippen MR) is 86.2 cm³/mol. The summed E-state index contributed by atoms with van der Waals surface area (Å²) in [5, 5.41) is 0.489. The monoisotopic (exact) mass is 317 g/mol. The molecule has 2 aromatic rings. The smallest absolute Gasteiger partial charge is 0.256 e. The fraction of sp³-hybridized carbons (Fsp3) is 0.412.